The monoisotopic (exact) mass is 288 g/mol. The number of carbonyl (C=O) groups is 2. The number of carboxylic acids is 1. The maximum Gasteiger partial charge on any atom is 0.303 e. The van der Waals surface area contributed by atoms with Crippen molar-refractivity contribution in [3.63, 3.8) is 0 Å². The fourth-order valence-corrected chi connectivity index (χ4v) is 1.92. The molecular weight excluding hydrogens is 272 g/mol. The first-order chi connectivity index (χ1) is 10.1. The van der Waals surface area contributed by atoms with Gasteiger partial charge >= 0.3 is 5.97 Å². The highest BCUT2D eigenvalue weighted by Gasteiger charge is 2.12. The molecule has 2 aromatic rings. The van der Waals surface area contributed by atoms with Crippen molar-refractivity contribution in [2.45, 2.75) is 26.3 Å². The maximum absolute atomic E-state index is 12.1. The number of rotatable bonds is 6. The summed E-state index contributed by atoms with van der Waals surface area (Å²) in [6.07, 6.45) is 1.89. The summed E-state index contributed by atoms with van der Waals surface area (Å²) in [5.74, 6) is -1.14. The van der Waals surface area contributed by atoms with E-state index in [1.54, 1.807) is 18.2 Å². The molecule has 0 atom stereocenters. The highest BCUT2D eigenvalue weighted by Crippen LogP contribution is 2.13. The number of hydrogen-bond acceptors (Lipinski definition) is 4. The van der Waals surface area contributed by atoms with Gasteiger partial charge in [0.05, 0.1) is 6.20 Å². The summed E-state index contributed by atoms with van der Waals surface area (Å²) in [5, 5.41) is 19.0. The van der Waals surface area contributed by atoms with Gasteiger partial charge in [-0.05, 0) is 31.0 Å². The summed E-state index contributed by atoms with van der Waals surface area (Å²) in [6, 6.07) is 7.13. The second kappa shape index (κ2) is 6.65. The summed E-state index contributed by atoms with van der Waals surface area (Å²) in [7, 11) is 0. The number of nitrogens with zero attached hydrogens (tertiary/aromatic N) is 3. The largest absolute Gasteiger partial charge is 0.481 e. The zero-order valence-corrected chi connectivity index (χ0v) is 11.6. The molecule has 21 heavy (non-hydrogen) atoms. The number of aromatic nitrogens is 3. The van der Waals surface area contributed by atoms with E-state index in [9.17, 15) is 9.59 Å². The molecule has 0 bridgehead atoms. The molecular formula is C14H16N4O3. The van der Waals surface area contributed by atoms with Crippen LogP contribution in [0.15, 0.2) is 30.5 Å². The van der Waals surface area contributed by atoms with Crippen LogP contribution in [0.4, 0.5) is 5.69 Å². The maximum atomic E-state index is 12.1. The first kappa shape index (κ1) is 14.7. The standard InChI is InChI=1S/C14H16N4O3/c1-2-18-12(9-15-17-18)14(21)16-11-5-3-4-10(8-11)6-7-13(19)20/h3-5,8-9H,2,6-7H2,1H3,(H,16,21)(H,19,20). The van der Waals surface area contributed by atoms with Crippen LogP contribution in [-0.2, 0) is 17.8 Å². The van der Waals surface area contributed by atoms with Crippen LogP contribution in [0.5, 0.6) is 0 Å². The number of aryl methyl sites for hydroxylation is 2. The third-order valence-corrected chi connectivity index (χ3v) is 2.96. The molecule has 1 heterocycles. The Balaban J connectivity index is 2.07. The third-order valence-electron chi connectivity index (χ3n) is 2.96. The molecule has 7 nitrogen and oxygen atoms in total. The number of anilines is 1. The van der Waals surface area contributed by atoms with Crippen LogP contribution >= 0.6 is 0 Å². The van der Waals surface area contributed by atoms with Crippen LogP contribution < -0.4 is 5.32 Å². The molecule has 0 saturated heterocycles. The second-order valence-electron chi connectivity index (χ2n) is 4.48. The number of carboxylic acid groups (broad SMARTS) is 1. The molecule has 2 N–H and O–H groups in total. The number of aliphatic carboxylic acids is 1. The van der Waals surface area contributed by atoms with Crippen molar-refractivity contribution < 1.29 is 14.7 Å². The Morgan fingerprint density at radius 2 is 2.19 bits per heavy atom. The normalized spacial score (nSPS) is 10.3. The molecule has 0 saturated carbocycles. The molecule has 0 aliphatic heterocycles. The molecule has 0 fully saturated rings. The van der Waals surface area contributed by atoms with E-state index < -0.39 is 5.97 Å². The van der Waals surface area contributed by atoms with Crippen LogP contribution in [0.1, 0.15) is 29.4 Å². The number of amides is 1. The third kappa shape index (κ3) is 3.88. The van der Waals surface area contributed by atoms with Gasteiger partial charge in [0, 0.05) is 18.7 Å². The van der Waals surface area contributed by atoms with E-state index in [1.165, 1.54) is 10.9 Å². The van der Waals surface area contributed by atoms with Crippen molar-refractivity contribution in [3.8, 4) is 0 Å². The summed E-state index contributed by atoms with van der Waals surface area (Å²) in [5.41, 5.74) is 1.86. The highest BCUT2D eigenvalue weighted by atomic mass is 16.4. The number of carbonyl (C=O) groups excluding carboxylic acids is 1. The zero-order chi connectivity index (χ0) is 15.2. The smallest absolute Gasteiger partial charge is 0.303 e. The SMILES string of the molecule is CCn1nncc1C(=O)Nc1cccc(CCC(=O)O)c1. The quantitative estimate of drug-likeness (QED) is 0.840. The Kier molecular flexibility index (Phi) is 4.65. The van der Waals surface area contributed by atoms with E-state index in [4.69, 9.17) is 5.11 Å². The topological polar surface area (TPSA) is 97.1 Å². The van der Waals surface area contributed by atoms with Crippen molar-refractivity contribution in [1.29, 1.82) is 0 Å². The molecule has 0 radical (unpaired) electrons. The number of hydrogen-bond donors (Lipinski definition) is 2. The van der Waals surface area contributed by atoms with Crippen molar-refractivity contribution >= 4 is 17.6 Å². The minimum absolute atomic E-state index is 0.0594. The summed E-state index contributed by atoms with van der Waals surface area (Å²) in [4.78, 5) is 22.7. The Bertz CT molecular complexity index is 651. The lowest BCUT2D eigenvalue weighted by Gasteiger charge is -2.07. The molecule has 0 spiro atoms. The van der Waals surface area contributed by atoms with Gasteiger partial charge in [-0.1, -0.05) is 17.3 Å². The molecule has 1 aromatic carbocycles. The molecule has 1 aromatic heterocycles. The lowest BCUT2D eigenvalue weighted by atomic mass is 10.1. The van der Waals surface area contributed by atoms with Crippen molar-refractivity contribution in [2.75, 3.05) is 5.32 Å². The molecule has 2 rings (SSSR count). The van der Waals surface area contributed by atoms with E-state index >= 15 is 0 Å². The van der Waals surface area contributed by atoms with Crippen LogP contribution in [0.3, 0.4) is 0 Å². The summed E-state index contributed by atoms with van der Waals surface area (Å²) >= 11 is 0. The van der Waals surface area contributed by atoms with Gasteiger partial charge in [-0.3, -0.25) is 9.59 Å². The average molecular weight is 288 g/mol. The van der Waals surface area contributed by atoms with Gasteiger partial charge < -0.3 is 10.4 Å². The van der Waals surface area contributed by atoms with Crippen LogP contribution in [0.25, 0.3) is 0 Å². The van der Waals surface area contributed by atoms with Crippen molar-refractivity contribution in [3.05, 3.63) is 41.7 Å². The Morgan fingerprint density at radius 3 is 2.90 bits per heavy atom. The first-order valence-electron chi connectivity index (χ1n) is 6.60. The van der Waals surface area contributed by atoms with Gasteiger partial charge in [-0.15, -0.1) is 5.10 Å². The molecule has 110 valence electrons. The average Bonchev–Trinajstić information content (AvgIpc) is 2.94. The van der Waals surface area contributed by atoms with Gasteiger partial charge in [0.25, 0.3) is 5.91 Å². The molecule has 0 aliphatic carbocycles. The number of nitrogens with one attached hydrogen (secondary N) is 1. The second-order valence-corrected chi connectivity index (χ2v) is 4.48. The van der Waals surface area contributed by atoms with Gasteiger partial charge in [-0.2, -0.15) is 0 Å². The predicted octanol–water partition coefficient (Wildman–Crippen LogP) is 1.57. The van der Waals surface area contributed by atoms with Crippen LogP contribution in [-0.4, -0.2) is 32.0 Å². The summed E-state index contributed by atoms with van der Waals surface area (Å²) < 4.78 is 1.50. The lowest BCUT2D eigenvalue weighted by molar-refractivity contribution is -0.136. The van der Waals surface area contributed by atoms with Gasteiger partial charge in [0.15, 0.2) is 0 Å². The van der Waals surface area contributed by atoms with Crippen molar-refractivity contribution in [1.82, 2.24) is 15.0 Å². The fourth-order valence-electron chi connectivity index (χ4n) is 1.92. The van der Waals surface area contributed by atoms with Gasteiger partial charge in [0.2, 0.25) is 0 Å². The predicted molar refractivity (Wildman–Crippen MR) is 76.0 cm³/mol. The zero-order valence-electron chi connectivity index (χ0n) is 11.6. The minimum atomic E-state index is -0.845. The molecule has 0 aliphatic rings. The van der Waals surface area contributed by atoms with Gasteiger partial charge in [0.1, 0.15) is 5.69 Å². The van der Waals surface area contributed by atoms with Crippen LogP contribution in [0, 0.1) is 0 Å². The molecule has 0 unspecified atom stereocenters. The Morgan fingerprint density at radius 1 is 1.38 bits per heavy atom. The van der Waals surface area contributed by atoms with Gasteiger partial charge in [-0.25, -0.2) is 4.68 Å². The Labute approximate surface area is 121 Å². The highest BCUT2D eigenvalue weighted by molar-refractivity contribution is 6.02. The fraction of sp³-hybridized carbons (Fsp3) is 0.286. The lowest BCUT2D eigenvalue weighted by Crippen LogP contribution is -2.17. The first-order valence-corrected chi connectivity index (χ1v) is 6.60. The van der Waals surface area contributed by atoms with E-state index in [2.05, 4.69) is 15.6 Å². The minimum Gasteiger partial charge on any atom is -0.481 e. The van der Waals surface area contributed by atoms with E-state index in [-0.39, 0.29) is 12.3 Å². The summed E-state index contributed by atoms with van der Waals surface area (Å²) in [6.45, 7) is 2.43. The van der Waals surface area contributed by atoms with Crippen LogP contribution in [0.2, 0.25) is 0 Å². The molecule has 7 heteroatoms. The van der Waals surface area contributed by atoms with E-state index in [0.717, 1.165) is 5.56 Å². The van der Waals surface area contributed by atoms with E-state index in [1.807, 2.05) is 13.0 Å². The van der Waals surface area contributed by atoms with Crippen molar-refractivity contribution in [2.24, 2.45) is 0 Å². The van der Waals surface area contributed by atoms with E-state index in [0.29, 0.717) is 24.3 Å². The Hall–Kier alpha value is -2.70. The number of benzene rings is 1. The molecule has 1 amide bonds.